The summed E-state index contributed by atoms with van der Waals surface area (Å²) in [4.78, 5) is 36.1. The Kier molecular flexibility index (Phi) is 7.69. The van der Waals surface area contributed by atoms with Crippen LogP contribution in [0.1, 0.15) is 46.6 Å². The van der Waals surface area contributed by atoms with E-state index < -0.39 is 0 Å². The van der Waals surface area contributed by atoms with E-state index in [0.717, 1.165) is 53.3 Å². The molecule has 4 rings (SSSR count). The van der Waals surface area contributed by atoms with E-state index in [2.05, 4.69) is 30.4 Å². The summed E-state index contributed by atoms with van der Waals surface area (Å²) in [6.45, 7) is 8.90. The average Bonchev–Trinajstić information content (AvgIpc) is 3.12. The van der Waals surface area contributed by atoms with Gasteiger partial charge in [0.25, 0.3) is 5.91 Å². The Bertz CT molecular complexity index is 1250. The molecule has 0 saturated carbocycles. The molecule has 2 aromatic heterocycles. The number of amides is 2. The van der Waals surface area contributed by atoms with Gasteiger partial charge in [-0.1, -0.05) is 12.1 Å². The van der Waals surface area contributed by atoms with Gasteiger partial charge in [-0.05, 0) is 77.2 Å². The molecule has 1 aliphatic rings. The van der Waals surface area contributed by atoms with E-state index in [-0.39, 0.29) is 17.7 Å². The van der Waals surface area contributed by atoms with Gasteiger partial charge in [-0.25, -0.2) is 9.97 Å². The number of anilines is 2. The fourth-order valence-corrected chi connectivity index (χ4v) is 4.66. The van der Waals surface area contributed by atoms with Gasteiger partial charge in [-0.15, -0.1) is 0 Å². The second-order valence-electron chi connectivity index (χ2n) is 9.52. The first-order valence-electron chi connectivity index (χ1n) is 12.4. The maximum absolute atomic E-state index is 12.5. The van der Waals surface area contributed by atoms with Crippen molar-refractivity contribution >= 4 is 23.5 Å². The van der Waals surface area contributed by atoms with Crippen LogP contribution in [0.3, 0.4) is 0 Å². The molecule has 9 nitrogen and oxygen atoms in total. The molecule has 0 saturated heterocycles. The lowest BCUT2D eigenvalue weighted by atomic mass is 10.00. The first-order chi connectivity index (χ1) is 17.3. The molecule has 3 heterocycles. The largest absolute Gasteiger partial charge is 0.356 e. The number of nitrogens with zero attached hydrogens (tertiary/aromatic N) is 4. The van der Waals surface area contributed by atoms with Gasteiger partial charge in [0.1, 0.15) is 5.69 Å². The highest BCUT2D eigenvalue weighted by Gasteiger charge is 2.26. The van der Waals surface area contributed by atoms with Crippen molar-refractivity contribution in [1.82, 2.24) is 30.1 Å². The summed E-state index contributed by atoms with van der Waals surface area (Å²) in [6.07, 6.45) is 2.64. The molecular weight excluding hydrogens is 454 g/mol. The lowest BCUT2D eigenvalue weighted by Crippen LogP contribution is -2.35. The van der Waals surface area contributed by atoms with Crippen molar-refractivity contribution in [2.75, 3.05) is 39.0 Å². The van der Waals surface area contributed by atoms with E-state index in [1.54, 1.807) is 6.20 Å². The second kappa shape index (κ2) is 10.9. The van der Waals surface area contributed by atoms with Gasteiger partial charge >= 0.3 is 0 Å². The van der Waals surface area contributed by atoms with E-state index in [0.29, 0.717) is 24.7 Å². The van der Waals surface area contributed by atoms with E-state index in [4.69, 9.17) is 4.98 Å². The molecular formula is C27H35N7O2. The number of hydrogen-bond acceptors (Lipinski definition) is 6. The van der Waals surface area contributed by atoms with Crippen LogP contribution in [-0.4, -0.2) is 65.0 Å². The van der Waals surface area contributed by atoms with Crippen LogP contribution in [0, 0.1) is 13.8 Å². The zero-order valence-electron chi connectivity index (χ0n) is 21.7. The topological polar surface area (TPSA) is 104 Å². The number of benzene rings is 1. The maximum Gasteiger partial charge on any atom is 0.268 e. The smallest absolute Gasteiger partial charge is 0.268 e. The van der Waals surface area contributed by atoms with E-state index in [1.807, 2.05) is 65.2 Å². The van der Waals surface area contributed by atoms with Gasteiger partial charge in [0.15, 0.2) is 0 Å². The molecule has 0 fully saturated rings. The van der Waals surface area contributed by atoms with Crippen LogP contribution in [0.2, 0.25) is 0 Å². The highest BCUT2D eigenvalue weighted by Crippen LogP contribution is 2.32. The highest BCUT2D eigenvalue weighted by atomic mass is 16.2. The van der Waals surface area contributed by atoms with Gasteiger partial charge in [0.05, 0.1) is 11.6 Å². The maximum atomic E-state index is 12.5. The summed E-state index contributed by atoms with van der Waals surface area (Å²) < 4.78 is 2.07. The molecule has 9 heteroatoms. The molecule has 1 unspecified atom stereocenters. The third kappa shape index (κ3) is 5.41. The van der Waals surface area contributed by atoms with Crippen molar-refractivity contribution < 1.29 is 9.59 Å². The molecule has 0 bridgehead atoms. The summed E-state index contributed by atoms with van der Waals surface area (Å²) in [5, 5.41) is 9.19. The number of rotatable bonds is 9. The van der Waals surface area contributed by atoms with Crippen molar-refractivity contribution in [3.63, 3.8) is 0 Å². The molecule has 0 aliphatic carbocycles. The van der Waals surface area contributed by atoms with Crippen LogP contribution in [0.5, 0.6) is 0 Å². The van der Waals surface area contributed by atoms with Crippen LogP contribution in [0.15, 0.2) is 36.5 Å². The third-order valence-electron chi connectivity index (χ3n) is 6.66. The van der Waals surface area contributed by atoms with Crippen molar-refractivity contribution in [2.45, 2.75) is 39.7 Å². The van der Waals surface area contributed by atoms with Crippen molar-refractivity contribution in [3.05, 3.63) is 59.0 Å². The number of nitrogens with one attached hydrogen (secondary N) is 3. The first-order valence-corrected chi connectivity index (χ1v) is 12.4. The van der Waals surface area contributed by atoms with Crippen LogP contribution >= 0.6 is 0 Å². The minimum atomic E-state index is -0.234. The standard InChI is InChI=1S/C27H35N7O2/c1-17(25(35)28-12-6-15-33(4)5)20-7-9-21(10-8-20)31-27-30-13-11-22(32-27)23-18(2)24-26(36)29-14-16-34(24)19(23)3/h7-11,13,17H,6,12,14-16H2,1-5H3,(H,28,35)(H,29,36)(H,30,31,32). The third-order valence-corrected chi connectivity index (χ3v) is 6.66. The van der Waals surface area contributed by atoms with Gasteiger partial charge in [0.2, 0.25) is 11.9 Å². The minimum Gasteiger partial charge on any atom is -0.356 e. The monoisotopic (exact) mass is 489 g/mol. The van der Waals surface area contributed by atoms with Crippen LogP contribution < -0.4 is 16.0 Å². The van der Waals surface area contributed by atoms with Crippen LogP contribution in [0.25, 0.3) is 11.3 Å². The minimum absolute atomic E-state index is 0.0279. The number of hydrogen-bond donors (Lipinski definition) is 3. The van der Waals surface area contributed by atoms with Gasteiger partial charge in [0, 0.05) is 42.8 Å². The Morgan fingerprint density at radius 2 is 1.94 bits per heavy atom. The zero-order valence-corrected chi connectivity index (χ0v) is 21.7. The quantitative estimate of drug-likeness (QED) is 0.399. The lowest BCUT2D eigenvalue weighted by Gasteiger charge is -2.17. The summed E-state index contributed by atoms with van der Waals surface area (Å²) >= 11 is 0. The molecule has 2 amide bonds. The molecule has 190 valence electrons. The molecule has 36 heavy (non-hydrogen) atoms. The van der Waals surface area contributed by atoms with Gasteiger partial charge < -0.3 is 25.4 Å². The molecule has 1 aromatic carbocycles. The van der Waals surface area contributed by atoms with E-state index in [9.17, 15) is 9.59 Å². The highest BCUT2D eigenvalue weighted by molar-refractivity contribution is 5.97. The van der Waals surface area contributed by atoms with Crippen molar-refractivity contribution in [3.8, 4) is 11.3 Å². The molecule has 1 atom stereocenters. The predicted molar refractivity (Wildman–Crippen MR) is 142 cm³/mol. The van der Waals surface area contributed by atoms with E-state index in [1.165, 1.54) is 0 Å². The number of fused-ring (bicyclic) bond motifs is 1. The average molecular weight is 490 g/mol. The Hall–Kier alpha value is -3.72. The second-order valence-corrected chi connectivity index (χ2v) is 9.52. The Labute approximate surface area is 212 Å². The Balaban J connectivity index is 1.45. The van der Waals surface area contributed by atoms with Gasteiger partial charge in [-0.2, -0.15) is 0 Å². The molecule has 0 spiro atoms. The lowest BCUT2D eigenvalue weighted by molar-refractivity contribution is -0.122. The summed E-state index contributed by atoms with van der Waals surface area (Å²) in [7, 11) is 4.05. The predicted octanol–water partition coefficient (Wildman–Crippen LogP) is 3.22. The van der Waals surface area contributed by atoms with E-state index >= 15 is 0 Å². The number of carbonyl (C=O) groups excluding carboxylic acids is 2. The van der Waals surface area contributed by atoms with Crippen molar-refractivity contribution in [2.24, 2.45) is 0 Å². The molecule has 3 N–H and O–H groups in total. The first kappa shape index (κ1) is 25.4. The number of aromatic nitrogens is 3. The fourth-order valence-electron chi connectivity index (χ4n) is 4.66. The summed E-state index contributed by atoms with van der Waals surface area (Å²) in [5.74, 6) is 0.221. The normalized spacial score (nSPS) is 13.8. The Morgan fingerprint density at radius 1 is 1.19 bits per heavy atom. The molecule has 0 radical (unpaired) electrons. The zero-order chi connectivity index (χ0) is 25.8. The summed E-state index contributed by atoms with van der Waals surface area (Å²) in [6, 6.07) is 9.63. The van der Waals surface area contributed by atoms with Crippen molar-refractivity contribution in [1.29, 1.82) is 0 Å². The molecule has 1 aliphatic heterocycles. The van der Waals surface area contributed by atoms with Gasteiger partial charge in [-0.3, -0.25) is 9.59 Å². The van der Waals surface area contributed by atoms with Crippen LogP contribution in [-0.2, 0) is 11.3 Å². The number of carbonyl (C=O) groups is 2. The van der Waals surface area contributed by atoms with Crippen LogP contribution in [0.4, 0.5) is 11.6 Å². The molecule has 3 aromatic rings. The SMILES string of the molecule is Cc1c(-c2ccnc(Nc3ccc(C(C)C(=O)NCCCN(C)C)cc3)n2)c(C)n2c1C(=O)NCC2. The summed E-state index contributed by atoms with van der Waals surface area (Å²) in [5.41, 5.74) is 6.17. The fraction of sp³-hybridized carbons (Fsp3) is 0.407. The Morgan fingerprint density at radius 3 is 2.64 bits per heavy atom.